The Balaban J connectivity index is 1.47. The van der Waals surface area contributed by atoms with Crippen molar-refractivity contribution < 1.29 is 19.5 Å². The van der Waals surface area contributed by atoms with Crippen LogP contribution in [0.4, 0.5) is 5.69 Å². The van der Waals surface area contributed by atoms with Gasteiger partial charge in [-0.15, -0.1) is 0 Å². The second-order valence-electron chi connectivity index (χ2n) is 9.81. The zero-order valence-electron chi connectivity index (χ0n) is 19.6. The number of benzene rings is 2. The predicted octanol–water partition coefficient (Wildman–Crippen LogP) is 4.76. The summed E-state index contributed by atoms with van der Waals surface area (Å²) in [5, 5.41) is 9.08. The quantitative estimate of drug-likeness (QED) is 0.646. The maximum absolute atomic E-state index is 13.9. The number of carboxylic acids is 1. The number of anilines is 1. The fourth-order valence-electron chi connectivity index (χ4n) is 6.31. The SMILES string of the molecule is CCN(C(=O)CCC(=O)O)C1c2ccccc2N(C(=O)C2CC2c2ccccc2)C2CCCC12. The summed E-state index contributed by atoms with van der Waals surface area (Å²) in [5.74, 6) is -0.419. The molecule has 2 saturated carbocycles. The molecule has 1 heterocycles. The minimum absolute atomic E-state index is 0.00268. The molecule has 5 unspecified atom stereocenters. The molecule has 0 saturated heterocycles. The number of fused-ring (bicyclic) bond motifs is 2. The number of hydrogen-bond donors (Lipinski definition) is 1. The minimum atomic E-state index is -0.957. The Morgan fingerprint density at radius 3 is 2.47 bits per heavy atom. The number of carbonyl (C=O) groups is 3. The number of para-hydroxylation sites is 1. The van der Waals surface area contributed by atoms with Crippen LogP contribution in [0.25, 0.3) is 0 Å². The van der Waals surface area contributed by atoms with Crippen LogP contribution in [-0.2, 0) is 14.4 Å². The molecule has 3 aliphatic rings. The normalized spacial score (nSPS) is 27.0. The Morgan fingerprint density at radius 1 is 1.00 bits per heavy atom. The second-order valence-corrected chi connectivity index (χ2v) is 9.81. The standard InChI is InChI=1S/C28H32N2O4/c1-2-29(25(31)15-16-26(32)33)27-19-11-6-7-13-23(19)30(24-14-8-12-20(24)27)28(34)22-17-21(22)18-9-4-3-5-10-18/h3-7,9-11,13,20-22,24,27H,2,8,12,14-17H2,1H3,(H,32,33). The van der Waals surface area contributed by atoms with Gasteiger partial charge in [-0.05, 0) is 49.3 Å². The zero-order valence-corrected chi connectivity index (χ0v) is 19.6. The molecule has 2 aliphatic carbocycles. The Bertz CT molecular complexity index is 1080. The average Bonchev–Trinajstić information content (AvgIpc) is 3.52. The lowest BCUT2D eigenvalue weighted by molar-refractivity contribution is -0.142. The largest absolute Gasteiger partial charge is 0.481 e. The number of carboxylic acid groups (broad SMARTS) is 1. The van der Waals surface area contributed by atoms with Crippen LogP contribution in [0.2, 0.25) is 0 Å². The highest BCUT2D eigenvalue weighted by atomic mass is 16.4. The molecular formula is C28H32N2O4. The highest BCUT2D eigenvalue weighted by Gasteiger charge is 2.53. The van der Waals surface area contributed by atoms with Gasteiger partial charge in [0.15, 0.2) is 0 Å². The van der Waals surface area contributed by atoms with E-state index in [-0.39, 0.29) is 54.5 Å². The van der Waals surface area contributed by atoms with Gasteiger partial charge in [0.1, 0.15) is 0 Å². The highest BCUT2D eigenvalue weighted by Crippen LogP contribution is 2.54. The van der Waals surface area contributed by atoms with Gasteiger partial charge in [0.2, 0.25) is 11.8 Å². The summed E-state index contributed by atoms with van der Waals surface area (Å²) in [7, 11) is 0. The molecule has 2 amide bonds. The van der Waals surface area contributed by atoms with Crippen molar-refractivity contribution in [1.82, 2.24) is 4.90 Å². The Labute approximate surface area is 200 Å². The van der Waals surface area contributed by atoms with E-state index in [0.717, 1.165) is 36.9 Å². The van der Waals surface area contributed by atoms with Crippen LogP contribution in [-0.4, -0.2) is 40.4 Å². The first kappa shape index (κ1) is 22.6. The lowest BCUT2D eigenvalue weighted by Crippen LogP contribution is -2.52. The zero-order chi connectivity index (χ0) is 23.8. The van der Waals surface area contributed by atoms with Gasteiger partial charge in [-0.3, -0.25) is 14.4 Å². The number of carbonyl (C=O) groups excluding carboxylic acids is 2. The van der Waals surface area contributed by atoms with Gasteiger partial charge < -0.3 is 14.9 Å². The third-order valence-electron chi connectivity index (χ3n) is 7.91. The Kier molecular flexibility index (Phi) is 6.15. The molecule has 6 heteroatoms. The molecule has 0 radical (unpaired) electrons. The monoisotopic (exact) mass is 460 g/mol. The van der Waals surface area contributed by atoms with Crippen LogP contribution < -0.4 is 4.90 Å². The first-order chi connectivity index (χ1) is 16.5. The van der Waals surface area contributed by atoms with Crippen molar-refractivity contribution in [3.8, 4) is 0 Å². The van der Waals surface area contributed by atoms with Gasteiger partial charge in [-0.1, -0.05) is 55.0 Å². The summed E-state index contributed by atoms with van der Waals surface area (Å²) in [6.45, 7) is 2.48. The average molecular weight is 461 g/mol. The molecule has 178 valence electrons. The van der Waals surface area contributed by atoms with Crippen molar-refractivity contribution >= 4 is 23.5 Å². The predicted molar refractivity (Wildman–Crippen MR) is 129 cm³/mol. The topological polar surface area (TPSA) is 77.9 Å². The summed E-state index contributed by atoms with van der Waals surface area (Å²) in [5.41, 5.74) is 3.17. The van der Waals surface area contributed by atoms with E-state index in [4.69, 9.17) is 5.11 Å². The molecule has 34 heavy (non-hydrogen) atoms. The first-order valence-corrected chi connectivity index (χ1v) is 12.5. The maximum atomic E-state index is 13.9. The number of aliphatic carboxylic acids is 1. The molecule has 0 spiro atoms. The van der Waals surface area contributed by atoms with E-state index in [2.05, 4.69) is 17.0 Å². The van der Waals surface area contributed by atoms with Crippen LogP contribution in [0, 0.1) is 11.8 Å². The summed E-state index contributed by atoms with van der Waals surface area (Å²) < 4.78 is 0. The van der Waals surface area contributed by atoms with Crippen LogP contribution >= 0.6 is 0 Å². The molecule has 2 aromatic carbocycles. The number of rotatable bonds is 7. The molecule has 2 aromatic rings. The molecule has 0 bridgehead atoms. The summed E-state index contributed by atoms with van der Waals surface area (Å²) >= 11 is 0. The van der Waals surface area contributed by atoms with Crippen molar-refractivity contribution in [2.75, 3.05) is 11.4 Å². The number of hydrogen-bond acceptors (Lipinski definition) is 3. The molecule has 0 aromatic heterocycles. The molecule has 2 fully saturated rings. The van der Waals surface area contributed by atoms with Crippen LogP contribution in [0.3, 0.4) is 0 Å². The molecular weight excluding hydrogens is 428 g/mol. The Hall–Kier alpha value is -3.15. The van der Waals surface area contributed by atoms with Crippen LogP contribution in [0.5, 0.6) is 0 Å². The van der Waals surface area contributed by atoms with Crippen molar-refractivity contribution in [2.24, 2.45) is 11.8 Å². The number of nitrogens with zero attached hydrogens (tertiary/aromatic N) is 2. The second kappa shape index (κ2) is 9.24. The molecule has 5 rings (SSSR count). The van der Waals surface area contributed by atoms with Crippen molar-refractivity contribution in [2.45, 2.75) is 63.5 Å². The lowest BCUT2D eigenvalue weighted by Gasteiger charge is -2.47. The fraction of sp³-hybridized carbons (Fsp3) is 0.464. The van der Waals surface area contributed by atoms with Crippen LogP contribution in [0.1, 0.15) is 68.5 Å². The van der Waals surface area contributed by atoms with E-state index >= 15 is 0 Å². The number of amides is 2. The van der Waals surface area contributed by atoms with E-state index < -0.39 is 5.97 Å². The highest BCUT2D eigenvalue weighted by molar-refractivity contribution is 5.99. The van der Waals surface area contributed by atoms with Crippen LogP contribution in [0.15, 0.2) is 54.6 Å². The molecule has 1 aliphatic heterocycles. The smallest absolute Gasteiger partial charge is 0.303 e. The van der Waals surface area contributed by atoms with Gasteiger partial charge in [0.05, 0.1) is 12.5 Å². The third-order valence-corrected chi connectivity index (χ3v) is 7.91. The fourth-order valence-corrected chi connectivity index (χ4v) is 6.31. The van der Waals surface area contributed by atoms with E-state index in [9.17, 15) is 14.4 Å². The molecule has 6 nitrogen and oxygen atoms in total. The van der Waals surface area contributed by atoms with E-state index in [0.29, 0.717) is 6.54 Å². The molecule has 5 atom stereocenters. The summed E-state index contributed by atoms with van der Waals surface area (Å²) in [6.07, 6.45) is 3.65. The van der Waals surface area contributed by atoms with E-state index in [1.165, 1.54) is 5.56 Å². The van der Waals surface area contributed by atoms with Gasteiger partial charge in [0, 0.05) is 36.5 Å². The third kappa shape index (κ3) is 3.99. The first-order valence-electron chi connectivity index (χ1n) is 12.5. The van der Waals surface area contributed by atoms with Gasteiger partial charge in [-0.2, -0.15) is 0 Å². The summed E-state index contributed by atoms with van der Waals surface area (Å²) in [4.78, 5) is 42.0. The van der Waals surface area contributed by atoms with E-state index in [1.807, 2.05) is 54.3 Å². The summed E-state index contributed by atoms with van der Waals surface area (Å²) in [6, 6.07) is 18.2. The van der Waals surface area contributed by atoms with Gasteiger partial charge in [-0.25, -0.2) is 0 Å². The van der Waals surface area contributed by atoms with E-state index in [1.54, 1.807) is 0 Å². The Morgan fingerprint density at radius 2 is 1.74 bits per heavy atom. The van der Waals surface area contributed by atoms with Gasteiger partial charge in [0.25, 0.3) is 0 Å². The van der Waals surface area contributed by atoms with Gasteiger partial charge >= 0.3 is 5.97 Å². The maximum Gasteiger partial charge on any atom is 0.303 e. The van der Waals surface area contributed by atoms with Crippen molar-refractivity contribution in [1.29, 1.82) is 0 Å². The molecule has 1 N–H and O–H groups in total. The lowest BCUT2D eigenvalue weighted by atomic mass is 9.81. The minimum Gasteiger partial charge on any atom is -0.481 e. The van der Waals surface area contributed by atoms with Crippen molar-refractivity contribution in [3.05, 3.63) is 65.7 Å². The van der Waals surface area contributed by atoms with Crippen molar-refractivity contribution in [3.63, 3.8) is 0 Å².